The van der Waals surface area contributed by atoms with Crippen LogP contribution in [-0.4, -0.2) is 40.7 Å². The first-order chi connectivity index (χ1) is 12.2. The Hall–Kier alpha value is -1.88. The van der Waals surface area contributed by atoms with E-state index in [0.29, 0.717) is 13.1 Å². The number of aliphatic hydroxyl groups excluding tert-OH is 1. The second-order valence-corrected chi connectivity index (χ2v) is 7.11. The predicted octanol–water partition coefficient (Wildman–Crippen LogP) is 3.43. The second-order valence-electron chi connectivity index (χ2n) is 7.11. The molecule has 1 aromatic heterocycles. The number of likely N-dealkylation sites (tertiary alicyclic amines) is 1. The van der Waals surface area contributed by atoms with E-state index in [1.165, 1.54) is 31.3 Å². The van der Waals surface area contributed by atoms with Crippen LogP contribution in [0, 0.1) is 5.92 Å². The fourth-order valence-corrected chi connectivity index (χ4v) is 3.78. The Morgan fingerprint density at radius 1 is 1.32 bits per heavy atom. The number of amides is 2. The van der Waals surface area contributed by atoms with E-state index >= 15 is 0 Å². The van der Waals surface area contributed by atoms with Gasteiger partial charge in [0, 0.05) is 25.8 Å². The van der Waals surface area contributed by atoms with Crippen molar-refractivity contribution in [2.45, 2.75) is 51.0 Å². The molecule has 1 atom stereocenters. The summed E-state index contributed by atoms with van der Waals surface area (Å²) in [5, 5.41) is 13.5. The molecule has 2 N–H and O–H groups in total. The van der Waals surface area contributed by atoms with E-state index in [1.807, 2.05) is 23.1 Å². The number of urea groups is 1. The van der Waals surface area contributed by atoms with Gasteiger partial charge in [-0.05, 0) is 63.0 Å². The van der Waals surface area contributed by atoms with Crippen LogP contribution >= 0.6 is 0 Å². The lowest BCUT2D eigenvalue weighted by Gasteiger charge is -2.34. The van der Waals surface area contributed by atoms with Crippen LogP contribution in [0.25, 0.3) is 0 Å². The molecular formula is C20H29N3O2. The third-order valence-corrected chi connectivity index (χ3v) is 5.37. The van der Waals surface area contributed by atoms with Gasteiger partial charge in [0.15, 0.2) is 0 Å². The summed E-state index contributed by atoms with van der Waals surface area (Å²) in [5.41, 5.74) is 2.22. The average Bonchev–Trinajstić information content (AvgIpc) is 2.69. The third-order valence-electron chi connectivity index (χ3n) is 5.37. The molecule has 0 spiro atoms. The van der Waals surface area contributed by atoms with Crippen LogP contribution in [0.1, 0.15) is 56.7 Å². The lowest BCUT2D eigenvalue weighted by Crippen LogP contribution is -2.45. The largest absolute Gasteiger partial charge is 0.387 e. The molecule has 5 nitrogen and oxygen atoms in total. The van der Waals surface area contributed by atoms with E-state index in [0.717, 1.165) is 31.5 Å². The molecule has 1 saturated heterocycles. The van der Waals surface area contributed by atoms with Crippen molar-refractivity contribution < 1.29 is 9.90 Å². The number of nitrogens with zero attached hydrogens (tertiary/aromatic N) is 2. The molecule has 0 radical (unpaired) electrons. The Morgan fingerprint density at radius 2 is 2.16 bits per heavy atom. The Balaban J connectivity index is 1.39. The molecule has 2 amide bonds. The van der Waals surface area contributed by atoms with Crippen LogP contribution < -0.4 is 5.32 Å². The number of carbonyl (C=O) groups is 1. The maximum Gasteiger partial charge on any atom is 0.317 e. The fourth-order valence-electron chi connectivity index (χ4n) is 3.78. The molecule has 5 heteroatoms. The van der Waals surface area contributed by atoms with E-state index < -0.39 is 6.10 Å². The molecular weight excluding hydrogens is 314 g/mol. The van der Waals surface area contributed by atoms with E-state index in [-0.39, 0.29) is 11.9 Å². The molecule has 1 aliphatic carbocycles. The number of allylic oxidation sites excluding steroid dienone is 1. The topological polar surface area (TPSA) is 65.5 Å². The van der Waals surface area contributed by atoms with Crippen LogP contribution in [0.15, 0.2) is 36.0 Å². The van der Waals surface area contributed by atoms with E-state index in [1.54, 1.807) is 6.20 Å². The van der Waals surface area contributed by atoms with Crippen LogP contribution in [-0.2, 0) is 0 Å². The standard InChI is InChI=1S/C20H29N3O2/c24-19(18-8-4-5-12-21-18)17-10-14-23(15-11-17)20(25)22-13-9-16-6-2-1-3-7-16/h4-6,8,12,17,19,24H,1-3,7,9-11,13-15H2,(H,22,25)/t19-/m0/s1. The highest BCUT2D eigenvalue weighted by molar-refractivity contribution is 5.74. The van der Waals surface area contributed by atoms with Gasteiger partial charge in [0.2, 0.25) is 0 Å². The molecule has 3 rings (SSSR count). The number of nitrogens with one attached hydrogen (secondary N) is 1. The fraction of sp³-hybridized carbons (Fsp3) is 0.600. The summed E-state index contributed by atoms with van der Waals surface area (Å²) in [6.45, 7) is 2.12. The van der Waals surface area contributed by atoms with E-state index in [4.69, 9.17) is 0 Å². The van der Waals surface area contributed by atoms with Crippen molar-refractivity contribution in [2.24, 2.45) is 5.92 Å². The normalized spacial score (nSPS) is 20.0. The smallest absolute Gasteiger partial charge is 0.317 e. The Morgan fingerprint density at radius 3 is 2.84 bits per heavy atom. The van der Waals surface area contributed by atoms with Crippen LogP contribution in [0.3, 0.4) is 0 Å². The van der Waals surface area contributed by atoms with E-state index in [2.05, 4.69) is 16.4 Å². The van der Waals surface area contributed by atoms with Crippen LogP contribution in [0.2, 0.25) is 0 Å². The van der Waals surface area contributed by atoms with Crippen molar-refractivity contribution in [2.75, 3.05) is 19.6 Å². The zero-order chi connectivity index (χ0) is 17.5. The first kappa shape index (κ1) is 17.9. The summed E-state index contributed by atoms with van der Waals surface area (Å²) < 4.78 is 0. The van der Waals surface area contributed by atoms with Gasteiger partial charge in [-0.2, -0.15) is 0 Å². The monoisotopic (exact) mass is 343 g/mol. The molecule has 0 aromatic carbocycles. The molecule has 0 unspecified atom stereocenters. The number of rotatable bonds is 5. The highest BCUT2D eigenvalue weighted by atomic mass is 16.3. The predicted molar refractivity (Wildman–Crippen MR) is 98.1 cm³/mol. The maximum atomic E-state index is 12.3. The number of piperidine rings is 1. The molecule has 1 aliphatic heterocycles. The van der Waals surface area contributed by atoms with Crippen molar-refractivity contribution in [3.8, 4) is 0 Å². The number of hydrogen-bond donors (Lipinski definition) is 2. The molecule has 1 aromatic rings. The van der Waals surface area contributed by atoms with Crippen molar-refractivity contribution in [1.29, 1.82) is 0 Å². The third kappa shape index (κ3) is 5.05. The van der Waals surface area contributed by atoms with Gasteiger partial charge in [-0.1, -0.05) is 17.7 Å². The van der Waals surface area contributed by atoms with Crippen molar-refractivity contribution >= 4 is 6.03 Å². The molecule has 136 valence electrons. The molecule has 0 saturated carbocycles. The van der Waals surface area contributed by atoms with Crippen molar-refractivity contribution in [3.05, 3.63) is 41.7 Å². The quantitative estimate of drug-likeness (QED) is 0.805. The first-order valence-electron chi connectivity index (χ1n) is 9.53. The van der Waals surface area contributed by atoms with Gasteiger partial charge >= 0.3 is 6.03 Å². The second kappa shape index (κ2) is 8.99. The van der Waals surface area contributed by atoms with Gasteiger partial charge in [-0.3, -0.25) is 4.98 Å². The summed E-state index contributed by atoms with van der Waals surface area (Å²) in [4.78, 5) is 18.4. The number of carbonyl (C=O) groups excluding carboxylic acids is 1. The molecule has 2 heterocycles. The number of aliphatic hydroxyl groups is 1. The van der Waals surface area contributed by atoms with Gasteiger partial charge in [0.1, 0.15) is 0 Å². The van der Waals surface area contributed by atoms with Gasteiger partial charge < -0.3 is 15.3 Å². The Kier molecular flexibility index (Phi) is 6.45. The van der Waals surface area contributed by atoms with Crippen molar-refractivity contribution in [1.82, 2.24) is 15.2 Å². The minimum Gasteiger partial charge on any atom is -0.387 e. The minimum absolute atomic E-state index is 0.0298. The Labute approximate surface area is 150 Å². The minimum atomic E-state index is -0.537. The lowest BCUT2D eigenvalue weighted by molar-refractivity contribution is 0.0636. The summed E-state index contributed by atoms with van der Waals surface area (Å²) in [6.07, 6.45) is 11.1. The number of aromatic nitrogens is 1. The zero-order valence-electron chi connectivity index (χ0n) is 14.9. The van der Waals surface area contributed by atoms with Crippen molar-refractivity contribution in [3.63, 3.8) is 0 Å². The highest BCUT2D eigenvalue weighted by Crippen LogP contribution is 2.29. The zero-order valence-corrected chi connectivity index (χ0v) is 14.9. The first-order valence-corrected chi connectivity index (χ1v) is 9.53. The molecule has 2 aliphatic rings. The van der Waals surface area contributed by atoms with Crippen LogP contribution in [0.4, 0.5) is 4.79 Å². The summed E-state index contributed by atoms with van der Waals surface area (Å²) in [5.74, 6) is 0.173. The van der Waals surface area contributed by atoms with Gasteiger partial charge in [0.05, 0.1) is 11.8 Å². The summed E-state index contributed by atoms with van der Waals surface area (Å²) in [6, 6.07) is 5.65. The van der Waals surface area contributed by atoms with Gasteiger partial charge in [-0.15, -0.1) is 0 Å². The average molecular weight is 343 g/mol. The molecule has 25 heavy (non-hydrogen) atoms. The SMILES string of the molecule is O=C(NCCC1=CCCCC1)N1CCC([C@H](O)c2ccccn2)CC1. The lowest BCUT2D eigenvalue weighted by atomic mass is 9.89. The van der Waals surface area contributed by atoms with Gasteiger partial charge in [-0.25, -0.2) is 4.79 Å². The van der Waals surface area contributed by atoms with E-state index in [9.17, 15) is 9.90 Å². The number of hydrogen-bond acceptors (Lipinski definition) is 3. The maximum absolute atomic E-state index is 12.3. The summed E-state index contributed by atoms with van der Waals surface area (Å²) in [7, 11) is 0. The summed E-state index contributed by atoms with van der Waals surface area (Å²) >= 11 is 0. The Bertz CT molecular complexity index is 580. The van der Waals surface area contributed by atoms with Gasteiger partial charge in [0.25, 0.3) is 0 Å². The molecule has 0 bridgehead atoms. The number of pyridine rings is 1. The molecule has 1 fully saturated rings. The highest BCUT2D eigenvalue weighted by Gasteiger charge is 2.28. The van der Waals surface area contributed by atoms with Crippen LogP contribution in [0.5, 0.6) is 0 Å².